The number of nitrogens with one attached hydrogen (secondary N) is 3. The Morgan fingerprint density at radius 2 is 1.09 bits per heavy atom. The second kappa shape index (κ2) is 17.8. The van der Waals surface area contributed by atoms with E-state index in [0.717, 1.165) is 5.56 Å². The molecular formula is C33H41N7O7. The van der Waals surface area contributed by atoms with Crippen LogP contribution in [0.4, 0.5) is 0 Å². The van der Waals surface area contributed by atoms with E-state index < -0.39 is 47.9 Å². The van der Waals surface area contributed by atoms with Crippen LogP contribution in [-0.4, -0.2) is 75.7 Å². The summed E-state index contributed by atoms with van der Waals surface area (Å²) in [4.78, 5) is 56.3. The predicted molar refractivity (Wildman–Crippen MR) is 175 cm³/mol. The molecule has 0 fully saturated rings. The number of aliphatic imine (C=N–C) groups is 1. The smallest absolute Gasteiger partial charge is 0.326 e. The van der Waals surface area contributed by atoms with Gasteiger partial charge in [0.2, 0.25) is 17.7 Å². The Balaban J connectivity index is 1.81. The quantitative estimate of drug-likeness (QED) is 0.0540. The molecule has 0 saturated heterocycles. The fraction of sp³-hybridized carbons (Fsp3) is 0.303. The van der Waals surface area contributed by atoms with Crippen molar-refractivity contribution in [3.05, 3.63) is 95.6 Å². The number of carboxylic acids is 1. The number of hydrogen-bond donors (Lipinski definition) is 9. The van der Waals surface area contributed by atoms with Gasteiger partial charge < -0.3 is 48.5 Å². The number of aromatic hydroxyl groups is 2. The minimum absolute atomic E-state index is 0.000200. The summed E-state index contributed by atoms with van der Waals surface area (Å²) in [6.07, 6.45) is 0.436. The number of phenolic OH excluding ortho intramolecular Hbond substituents is 2. The molecule has 0 bridgehead atoms. The molecule has 0 radical (unpaired) electrons. The van der Waals surface area contributed by atoms with Crippen LogP contribution in [0.2, 0.25) is 0 Å². The molecule has 0 aliphatic carbocycles. The first kappa shape index (κ1) is 35.8. The monoisotopic (exact) mass is 647 g/mol. The highest BCUT2D eigenvalue weighted by atomic mass is 16.4. The Hall–Kier alpha value is -5.63. The molecule has 3 aromatic carbocycles. The average molecular weight is 648 g/mol. The van der Waals surface area contributed by atoms with Crippen LogP contribution in [0.1, 0.15) is 29.5 Å². The zero-order valence-corrected chi connectivity index (χ0v) is 25.7. The summed E-state index contributed by atoms with van der Waals surface area (Å²) < 4.78 is 0. The third-order valence-corrected chi connectivity index (χ3v) is 7.21. The van der Waals surface area contributed by atoms with Gasteiger partial charge in [-0.3, -0.25) is 19.4 Å². The van der Waals surface area contributed by atoms with Crippen LogP contribution in [0.3, 0.4) is 0 Å². The number of amides is 3. The molecule has 0 aromatic heterocycles. The highest BCUT2D eigenvalue weighted by Gasteiger charge is 2.31. The molecule has 3 amide bonds. The van der Waals surface area contributed by atoms with Crippen LogP contribution in [0.25, 0.3) is 0 Å². The maximum atomic E-state index is 13.8. The SMILES string of the molecule is NC(N)=NCCCC(NC(=O)C(Cc1ccc(O)cc1)NC(=O)C(Cc1ccccc1)NC(=O)C(N)Cc1ccc(O)cc1)C(=O)O. The Morgan fingerprint density at radius 1 is 0.638 bits per heavy atom. The van der Waals surface area contributed by atoms with Gasteiger partial charge in [-0.15, -0.1) is 0 Å². The first-order chi connectivity index (χ1) is 22.4. The van der Waals surface area contributed by atoms with Crippen LogP contribution in [0, 0.1) is 0 Å². The lowest BCUT2D eigenvalue weighted by atomic mass is 10.0. The predicted octanol–water partition coefficient (Wildman–Crippen LogP) is 0.0456. The van der Waals surface area contributed by atoms with Crippen molar-refractivity contribution in [1.29, 1.82) is 0 Å². The van der Waals surface area contributed by atoms with Gasteiger partial charge >= 0.3 is 5.97 Å². The minimum Gasteiger partial charge on any atom is -0.508 e. The molecule has 0 spiro atoms. The third kappa shape index (κ3) is 12.4. The van der Waals surface area contributed by atoms with Gasteiger partial charge in [0, 0.05) is 19.4 Å². The van der Waals surface area contributed by atoms with Gasteiger partial charge in [0.25, 0.3) is 0 Å². The zero-order valence-electron chi connectivity index (χ0n) is 25.7. The fourth-order valence-electron chi connectivity index (χ4n) is 4.70. The van der Waals surface area contributed by atoms with E-state index in [2.05, 4.69) is 20.9 Å². The number of aliphatic carboxylic acids is 1. The fourth-order valence-corrected chi connectivity index (χ4v) is 4.70. The maximum absolute atomic E-state index is 13.8. The van der Waals surface area contributed by atoms with E-state index in [1.54, 1.807) is 54.6 Å². The molecule has 250 valence electrons. The van der Waals surface area contributed by atoms with Crippen molar-refractivity contribution in [1.82, 2.24) is 16.0 Å². The lowest BCUT2D eigenvalue weighted by Gasteiger charge is -2.25. The molecule has 12 N–H and O–H groups in total. The number of nitrogens with zero attached hydrogens (tertiary/aromatic N) is 1. The maximum Gasteiger partial charge on any atom is 0.326 e. The molecular weight excluding hydrogens is 606 g/mol. The number of hydrogen-bond acceptors (Lipinski definition) is 8. The van der Waals surface area contributed by atoms with Crippen LogP contribution >= 0.6 is 0 Å². The molecule has 14 heteroatoms. The highest BCUT2D eigenvalue weighted by molar-refractivity contribution is 5.94. The van der Waals surface area contributed by atoms with Crippen molar-refractivity contribution in [2.75, 3.05) is 6.54 Å². The second-order valence-electron chi connectivity index (χ2n) is 11.0. The zero-order chi connectivity index (χ0) is 34.3. The highest BCUT2D eigenvalue weighted by Crippen LogP contribution is 2.14. The molecule has 14 nitrogen and oxygen atoms in total. The molecule has 0 saturated carbocycles. The van der Waals surface area contributed by atoms with E-state index in [1.165, 1.54) is 24.3 Å². The summed E-state index contributed by atoms with van der Waals surface area (Å²) in [6.45, 7) is 0.158. The Morgan fingerprint density at radius 3 is 1.57 bits per heavy atom. The average Bonchev–Trinajstić information content (AvgIpc) is 3.04. The molecule has 47 heavy (non-hydrogen) atoms. The number of rotatable bonds is 17. The van der Waals surface area contributed by atoms with E-state index in [9.17, 15) is 34.5 Å². The Labute approximate surface area is 272 Å². The van der Waals surface area contributed by atoms with Crippen LogP contribution < -0.4 is 33.2 Å². The van der Waals surface area contributed by atoms with Gasteiger partial charge in [0.1, 0.15) is 29.6 Å². The summed E-state index contributed by atoms with van der Waals surface area (Å²) in [5, 5.41) is 36.9. The first-order valence-electron chi connectivity index (χ1n) is 15.0. The van der Waals surface area contributed by atoms with E-state index in [0.29, 0.717) is 11.1 Å². The number of carbonyl (C=O) groups is 4. The van der Waals surface area contributed by atoms with Crippen molar-refractivity contribution in [2.45, 2.75) is 56.3 Å². The summed E-state index contributed by atoms with van der Waals surface area (Å²) in [7, 11) is 0. The third-order valence-electron chi connectivity index (χ3n) is 7.21. The topological polar surface area (TPSA) is 255 Å². The van der Waals surface area contributed by atoms with Gasteiger partial charge in [0.05, 0.1) is 6.04 Å². The van der Waals surface area contributed by atoms with Crippen molar-refractivity contribution >= 4 is 29.7 Å². The van der Waals surface area contributed by atoms with Gasteiger partial charge in [-0.05, 0) is 60.2 Å². The summed E-state index contributed by atoms with van der Waals surface area (Å²) in [5.74, 6) is -3.43. The van der Waals surface area contributed by atoms with Gasteiger partial charge in [-0.1, -0.05) is 54.6 Å². The van der Waals surface area contributed by atoms with Crippen molar-refractivity contribution in [3.63, 3.8) is 0 Å². The van der Waals surface area contributed by atoms with Crippen LogP contribution in [0.5, 0.6) is 11.5 Å². The Bertz CT molecular complexity index is 1510. The largest absolute Gasteiger partial charge is 0.508 e. The Kier molecular flexibility index (Phi) is 13.5. The molecule has 4 atom stereocenters. The van der Waals surface area contributed by atoms with Gasteiger partial charge in [0.15, 0.2) is 5.96 Å². The van der Waals surface area contributed by atoms with Crippen molar-refractivity contribution in [2.24, 2.45) is 22.2 Å². The second-order valence-corrected chi connectivity index (χ2v) is 11.0. The minimum atomic E-state index is -1.30. The lowest BCUT2D eigenvalue weighted by Crippen LogP contribution is -2.58. The standard InChI is InChI=1S/C33H41N7O7/c34-25(17-21-8-12-23(41)13-9-21)29(43)39-27(18-20-5-2-1-3-6-20)31(45)40-28(19-22-10-14-24(42)15-11-22)30(44)38-26(32(46)47)7-4-16-37-33(35)36/h1-3,5-6,8-15,25-28,41-42H,4,7,16-19,34H2,(H,38,44)(H,39,43)(H,40,45)(H,46,47)(H4,35,36,37). The summed E-state index contributed by atoms with van der Waals surface area (Å²) in [5.41, 5.74) is 18.8. The van der Waals surface area contributed by atoms with Crippen molar-refractivity contribution in [3.8, 4) is 11.5 Å². The number of nitrogens with two attached hydrogens (primary N) is 3. The number of carbonyl (C=O) groups excluding carboxylic acids is 3. The van der Waals surface area contributed by atoms with E-state index >= 15 is 0 Å². The van der Waals surface area contributed by atoms with E-state index in [4.69, 9.17) is 17.2 Å². The molecule has 3 rings (SSSR count). The van der Waals surface area contributed by atoms with Crippen LogP contribution in [-0.2, 0) is 38.4 Å². The summed E-state index contributed by atoms with van der Waals surface area (Å²) in [6, 6.07) is 16.4. The normalized spacial score (nSPS) is 13.3. The van der Waals surface area contributed by atoms with E-state index in [-0.39, 0.29) is 56.1 Å². The summed E-state index contributed by atoms with van der Waals surface area (Å²) >= 11 is 0. The lowest BCUT2D eigenvalue weighted by molar-refractivity contribution is -0.142. The molecule has 0 aliphatic rings. The number of phenols is 2. The van der Waals surface area contributed by atoms with E-state index in [1.807, 2.05) is 0 Å². The molecule has 4 unspecified atom stereocenters. The number of benzene rings is 3. The van der Waals surface area contributed by atoms with Crippen LogP contribution in [0.15, 0.2) is 83.9 Å². The molecule has 0 heterocycles. The van der Waals surface area contributed by atoms with Gasteiger partial charge in [-0.2, -0.15) is 0 Å². The molecule has 3 aromatic rings. The van der Waals surface area contributed by atoms with Gasteiger partial charge in [-0.25, -0.2) is 4.79 Å². The first-order valence-corrected chi connectivity index (χ1v) is 15.0. The number of carboxylic acid groups (broad SMARTS) is 1. The number of guanidine groups is 1. The molecule has 0 aliphatic heterocycles. The van der Waals surface area contributed by atoms with Crippen molar-refractivity contribution < 1.29 is 34.5 Å².